The van der Waals surface area contributed by atoms with Crippen LogP contribution in [0.2, 0.25) is 5.15 Å². The molecule has 1 aliphatic heterocycles. The van der Waals surface area contributed by atoms with Gasteiger partial charge in [0, 0.05) is 18.8 Å². The molecule has 1 amide bonds. The van der Waals surface area contributed by atoms with Gasteiger partial charge in [0.15, 0.2) is 0 Å². The first-order valence-corrected chi connectivity index (χ1v) is 6.05. The number of piperidine rings is 1. The minimum atomic E-state index is 0.0466. The number of carbonyl (C=O) groups excluding carboxylic acids is 1. The molecular formula is C12H13ClN2O. The summed E-state index contributed by atoms with van der Waals surface area (Å²) in [7, 11) is 0. The Kier molecular flexibility index (Phi) is 2.36. The van der Waals surface area contributed by atoms with E-state index in [1.54, 1.807) is 18.3 Å². The van der Waals surface area contributed by atoms with Gasteiger partial charge < -0.3 is 4.90 Å². The molecule has 2 atom stereocenters. The van der Waals surface area contributed by atoms with E-state index in [2.05, 4.69) is 4.98 Å². The number of pyridine rings is 1. The van der Waals surface area contributed by atoms with Crippen molar-refractivity contribution in [3.05, 3.63) is 29.0 Å². The molecule has 2 fully saturated rings. The van der Waals surface area contributed by atoms with Crippen molar-refractivity contribution < 1.29 is 4.79 Å². The van der Waals surface area contributed by atoms with Crippen molar-refractivity contribution in [2.24, 2.45) is 5.92 Å². The van der Waals surface area contributed by atoms with Gasteiger partial charge in [-0.05, 0) is 37.3 Å². The summed E-state index contributed by atoms with van der Waals surface area (Å²) in [5, 5.41) is 0.315. The minimum Gasteiger partial charge on any atom is -0.335 e. The maximum atomic E-state index is 12.3. The predicted molar refractivity (Wildman–Crippen MR) is 61.4 cm³/mol. The van der Waals surface area contributed by atoms with Crippen LogP contribution >= 0.6 is 11.6 Å². The lowest BCUT2D eigenvalue weighted by Crippen LogP contribution is -2.37. The molecule has 2 heterocycles. The van der Waals surface area contributed by atoms with Crippen molar-refractivity contribution in [2.75, 3.05) is 6.54 Å². The summed E-state index contributed by atoms with van der Waals surface area (Å²) in [5.74, 6) is 0.759. The molecule has 84 valence electrons. The summed E-state index contributed by atoms with van der Waals surface area (Å²) < 4.78 is 0. The van der Waals surface area contributed by atoms with Crippen LogP contribution in [0.25, 0.3) is 0 Å². The van der Waals surface area contributed by atoms with Crippen LogP contribution in [-0.2, 0) is 0 Å². The molecule has 3 nitrogen and oxygen atoms in total. The Balaban J connectivity index is 1.86. The van der Waals surface area contributed by atoms with Crippen molar-refractivity contribution >= 4 is 17.5 Å². The highest BCUT2D eigenvalue weighted by Gasteiger charge is 2.40. The number of amides is 1. The lowest BCUT2D eigenvalue weighted by Gasteiger charge is -2.27. The van der Waals surface area contributed by atoms with Gasteiger partial charge in [0.1, 0.15) is 5.15 Å². The van der Waals surface area contributed by atoms with Crippen LogP contribution in [0.4, 0.5) is 0 Å². The van der Waals surface area contributed by atoms with Crippen LogP contribution in [-0.4, -0.2) is 28.4 Å². The number of halogens is 1. The highest BCUT2D eigenvalue weighted by Crippen LogP contribution is 2.38. The summed E-state index contributed by atoms with van der Waals surface area (Å²) in [6.07, 6.45) is 5.20. The number of likely N-dealkylation sites (tertiary alicyclic amines) is 1. The fourth-order valence-electron chi connectivity index (χ4n) is 2.87. The van der Waals surface area contributed by atoms with E-state index in [0.29, 0.717) is 22.7 Å². The van der Waals surface area contributed by atoms with E-state index < -0.39 is 0 Å². The second kappa shape index (κ2) is 3.74. The SMILES string of the molecule is O=C(c1cccnc1Cl)N1C[C@H]2CC[C@@H]1C2. The highest BCUT2D eigenvalue weighted by molar-refractivity contribution is 6.32. The summed E-state index contributed by atoms with van der Waals surface area (Å²) in [5.41, 5.74) is 0.539. The van der Waals surface area contributed by atoms with E-state index in [4.69, 9.17) is 11.6 Å². The van der Waals surface area contributed by atoms with Crippen LogP contribution in [0.3, 0.4) is 0 Å². The fourth-order valence-corrected chi connectivity index (χ4v) is 3.07. The molecule has 3 rings (SSSR count). The van der Waals surface area contributed by atoms with Gasteiger partial charge >= 0.3 is 0 Å². The lowest BCUT2D eigenvalue weighted by molar-refractivity contribution is 0.0703. The van der Waals surface area contributed by atoms with Gasteiger partial charge in [-0.2, -0.15) is 0 Å². The number of carbonyl (C=O) groups is 1. The molecule has 0 radical (unpaired) electrons. The van der Waals surface area contributed by atoms with E-state index in [-0.39, 0.29) is 5.91 Å². The van der Waals surface area contributed by atoms with Crippen LogP contribution in [0, 0.1) is 5.92 Å². The molecule has 16 heavy (non-hydrogen) atoms. The Bertz CT molecular complexity index is 435. The zero-order valence-electron chi connectivity index (χ0n) is 8.90. The zero-order valence-corrected chi connectivity index (χ0v) is 9.65. The van der Waals surface area contributed by atoms with E-state index in [1.165, 1.54) is 12.8 Å². The summed E-state index contributed by atoms with van der Waals surface area (Å²) in [6.45, 7) is 0.898. The smallest absolute Gasteiger partial charge is 0.257 e. The third kappa shape index (κ3) is 1.50. The van der Waals surface area contributed by atoms with Gasteiger partial charge in [-0.1, -0.05) is 11.6 Å². The van der Waals surface area contributed by atoms with Gasteiger partial charge in [-0.25, -0.2) is 4.98 Å². The van der Waals surface area contributed by atoms with Crippen LogP contribution in [0.1, 0.15) is 29.6 Å². The first-order chi connectivity index (χ1) is 7.75. The van der Waals surface area contributed by atoms with E-state index in [1.807, 2.05) is 4.90 Å². The average molecular weight is 237 g/mol. The molecule has 1 aromatic heterocycles. The molecule has 1 aliphatic carbocycles. The van der Waals surface area contributed by atoms with Gasteiger partial charge in [0.25, 0.3) is 5.91 Å². The highest BCUT2D eigenvalue weighted by atomic mass is 35.5. The molecule has 2 bridgehead atoms. The summed E-state index contributed by atoms with van der Waals surface area (Å²) >= 11 is 5.94. The number of hydrogen-bond acceptors (Lipinski definition) is 2. The third-order valence-electron chi connectivity index (χ3n) is 3.66. The average Bonchev–Trinajstić information content (AvgIpc) is 2.90. The van der Waals surface area contributed by atoms with Gasteiger partial charge in [-0.3, -0.25) is 4.79 Å². The zero-order chi connectivity index (χ0) is 11.1. The minimum absolute atomic E-state index is 0.0466. The molecule has 0 spiro atoms. The predicted octanol–water partition coefficient (Wildman–Crippen LogP) is 2.36. The first-order valence-electron chi connectivity index (χ1n) is 5.67. The molecule has 1 saturated carbocycles. The lowest BCUT2D eigenvalue weighted by atomic mass is 10.1. The van der Waals surface area contributed by atoms with E-state index >= 15 is 0 Å². The second-order valence-electron chi connectivity index (χ2n) is 4.63. The molecule has 1 saturated heterocycles. The van der Waals surface area contributed by atoms with Crippen LogP contribution < -0.4 is 0 Å². The van der Waals surface area contributed by atoms with Crippen molar-refractivity contribution in [3.63, 3.8) is 0 Å². The Morgan fingerprint density at radius 3 is 3.00 bits per heavy atom. The topological polar surface area (TPSA) is 33.2 Å². The third-order valence-corrected chi connectivity index (χ3v) is 3.96. The number of rotatable bonds is 1. The standard InChI is InChI=1S/C12H13ClN2O/c13-11-10(2-1-5-14-11)12(16)15-7-8-3-4-9(15)6-8/h1-2,5,8-9H,3-4,6-7H2/t8-,9+/m0/s1. The number of fused-ring (bicyclic) bond motifs is 2. The summed E-state index contributed by atoms with van der Waals surface area (Å²) in [6, 6.07) is 3.95. The van der Waals surface area contributed by atoms with Crippen molar-refractivity contribution in [1.82, 2.24) is 9.88 Å². The number of aromatic nitrogens is 1. The Labute approximate surface area is 99.4 Å². The molecular weight excluding hydrogens is 224 g/mol. The van der Waals surface area contributed by atoms with Gasteiger partial charge in [-0.15, -0.1) is 0 Å². The largest absolute Gasteiger partial charge is 0.335 e. The molecule has 0 unspecified atom stereocenters. The quantitative estimate of drug-likeness (QED) is 0.702. The number of nitrogens with zero attached hydrogens (tertiary/aromatic N) is 2. The summed E-state index contributed by atoms with van der Waals surface area (Å²) in [4.78, 5) is 18.2. The maximum Gasteiger partial charge on any atom is 0.257 e. The Morgan fingerprint density at radius 1 is 1.50 bits per heavy atom. The van der Waals surface area contributed by atoms with Crippen molar-refractivity contribution in [1.29, 1.82) is 0 Å². The molecule has 2 aliphatic rings. The Hall–Kier alpha value is -1.09. The van der Waals surface area contributed by atoms with Gasteiger partial charge in [0.2, 0.25) is 0 Å². The molecule has 1 aromatic rings. The normalized spacial score (nSPS) is 27.4. The van der Waals surface area contributed by atoms with Crippen molar-refractivity contribution in [2.45, 2.75) is 25.3 Å². The second-order valence-corrected chi connectivity index (χ2v) is 4.99. The van der Waals surface area contributed by atoms with E-state index in [0.717, 1.165) is 13.0 Å². The molecule has 0 N–H and O–H groups in total. The monoisotopic (exact) mass is 236 g/mol. The van der Waals surface area contributed by atoms with E-state index in [9.17, 15) is 4.79 Å². The molecule has 0 aromatic carbocycles. The maximum absolute atomic E-state index is 12.3. The van der Waals surface area contributed by atoms with Crippen LogP contribution in [0.5, 0.6) is 0 Å². The fraction of sp³-hybridized carbons (Fsp3) is 0.500. The van der Waals surface area contributed by atoms with Crippen molar-refractivity contribution in [3.8, 4) is 0 Å². The molecule has 4 heteroatoms. The van der Waals surface area contributed by atoms with Gasteiger partial charge in [0.05, 0.1) is 5.56 Å². The first kappa shape index (κ1) is 10.1. The number of hydrogen-bond donors (Lipinski definition) is 0. The van der Waals surface area contributed by atoms with Crippen LogP contribution in [0.15, 0.2) is 18.3 Å². The Morgan fingerprint density at radius 2 is 2.38 bits per heavy atom.